The smallest absolute Gasteiger partial charge is 0.230 e. The average molecular weight is 211 g/mol. The largest absolute Gasteiger partial charge is 0.424 e. The van der Waals surface area contributed by atoms with E-state index in [2.05, 4.69) is 22.4 Å². The highest BCUT2D eigenvalue weighted by molar-refractivity contribution is 4.80. The minimum Gasteiger partial charge on any atom is -0.424 e. The third-order valence-corrected chi connectivity index (χ3v) is 2.78. The van der Waals surface area contributed by atoms with Gasteiger partial charge in [-0.15, -0.1) is 10.2 Å². The molecule has 5 heteroatoms. The van der Waals surface area contributed by atoms with Crippen molar-refractivity contribution >= 4 is 0 Å². The number of hydrogen-bond donors (Lipinski definition) is 1. The average Bonchev–Trinajstić information content (AvgIpc) is 2.77. The summed E-state index contributed by atoms with van der Waals surface area (Å²) in [4.78, 5) is 0. The number of aryl methyl sites for hydroxylation is 1. The fourth-order valence-corrected chi connectivity index (χ4v) is 1.82. The summed E-state index contributed by atoms with van der Waals surface area (Å²) >= 11 is 0. The van der Waals surface area contributed by atoms with Crippen LogP contribution in [0, 0.1) is 12.8 Å². The third kappa shape index (κ3) is 2.76. The van der Waals surface area contributed by atoms with Crippen LogP contribution in [0.25, 0.3) is 0 Å². The lowest BCUT2D eigenvalue weighted by Crippen LogP contribution is -2.26. The van der Waals surface area contributed by atoms with Gasteiger partial charge in [-0.2, -0.15) is 0 Å². The maximum atomic E-state index is 5.48. The monoisotopic (exact) mass is 211 g/mol. The quantitative estimate of drug-likeness (QED) is 0.801. The molecule has 0 amide bonds. The van der Waals surface area contributed by atoms with Crippen LogP contribution in [0.2, 0.25) is 0 Å². The summed E-state index contributed by atoms with van der Waals surface area (Å²) in [6.45, 7) is 6.39. The maximum Gasteiger partial charge on any atom is 0.230 e. The minimum atomic E-state index is 0.363. The molecule has 0 radical (unpaired) electrons. The van der Waals surface area contributed by atoms with Crippen LogP contribution in [-0.2, 0) is 11.3 Å². The Morgan fingerprint density at radius 1 is 1.47 bits per heavy atom. The molecule has 0 aliphatic carbocycles. The molecule has 84 valence electrons. The fourth-order valence-electron chi connectivity index (χ4n) is 1.82. The summed E-state index contributed by atoms with van der Waals surface area (Å²) < 4.78 is 10.7. The van der Waals surface area contributed by atoms with Gasteiger partial charge in [0.2, 0.25) is 11.8 Å². The molecule has 1 N–H and O–H groups in total. The number of aromatic nitrogens is 2. The van der Waals surface area contributed by atoms with Gasteiger partial charge >= 0.3 is 0 Å². The maximum absolute atomic E-state index is 5.48. The van der Waals surface area contributed by atoms with Gasteiger partial charge in [-0.3, -0.25) is 0 Å². The van der Waals surface area contributed by atoms with E-state index in [0.29, 0.717) is 30.3 Å². The molecule has 2 unspecified atom stereocenters. The Labute approximate surface area is 89.2 Å². The lowest BCUT2D eigenvalue weighted by Gasteiger charge is -2.13. The number of rotatable bonds is 4. The molecule has 5 nitrogen and oxygen atoms in total. The predicted molar refractivity (Wildman–Crippen MR) is 54.3 cm³/mol. The zero-order valence-electron chi connectivity index (χ0n) is 9.19. The van der Waals surface area contributed by atoms with Gasteiger partial charge in [-0.1, -0.05) is 0 Å². The Hall–Kier alpha value is -0.940. The van der Waals surface area contributed by atoms with Gasteiger partial charge in [0.25, 0.3) is 0 Å². The van der Waals surface area contributed by atoms with Gasteiger partial charge in [0.15, 0.2) is 0 Å². The first-order valence-electron chi connectivity index (χ1n) is 5.37. The van der Waals surface area contributed by atoms with Crippen molar-refractivity contribution in [3.8, 4) is 0 Å². The first kappa shape index (κ1) is 10.6. The molecule has 2 heterocycles. The predicted octanol–water partition coefficient (Wildman–Crippen LogP) is 0.893. The van der Waals surface area contributed by atoms with Crippen molar-refractivity contribution in [2.75, 3.05) is 13.2 Å². The molecule has 0 bridgehead atoms. The number of ether oxygens (including phenoxy) is 1. The molecular weight excluding hydrogens is 194 g/mol. The third-order valence-electron chi connectivity index (χ3n) is 2.78. The van der Waals surface area contributed by atoms with Crippen LogP contribution in [0.15, 0.2) is 4.42 Å². The molecule has 1 aromatic rings. The van der Waals surface area contributed by atoms with Gasteiger partial charge in [0, 0.05) is 20.1 Å². The van der Waals surface area contributed by atoms with Crippen LogP contribution in [-0.4, -0.2) is 29.5 Å². The molecule has 0 spiro atoms. The highest BCUT2D eigenvalue weighted by Gasteiger charge is 2.23. The summed E-state index contributed by atoms with van der Waals surface area (Å²) in [5.74, 6) is 1.87. The van der Waals surface area contributed by atoms with Gasteiger partial charge in [0.05, 0.1) is 12.6 Å². The summed E-state index contributed by atoms with van der Waals surface area (Å²) in [5.41, 5.74) is 0. The van der Waals surface area contributed by atoms with Gasteiger partial charge in [-0.05, 0) is 19.3 Å². The van der Waals surface area contributed by atoms with Crippen LogP contribution in [0.4, 0.5) is 0 Å². The van der Waals surface area contributed by atoms with E-state index < -0.39 is 0 Å². The molecule has 1 aliphatic rings. The van der Waals surface area contributed by atoms with Crippen LogP contribution in [0.1, 0.15) is 25.1 Å². The van der Waals surface area contributed by atoms with Crippen molar-refractivity contribution in [3.05, 3.63) is 11.8 Å². The topological polar surface area (TPSA) is 60.2 Å². The van der Waals surface area contributed by atoms with E-state index in [9.17, 15) is 0 Å². The lowest BCUT2D eigenvalue weighted by atomic mass is 10.0. The van der Waals surface area contributed by atoms with E-state index in [-0.39, 0.29) is 0 Å². The van der Waals surface area contributed by atoms with Crippen molar-refractivity contribution in [1.29, 1.82) is 0 Å². The van der Waals surface area contributed by atoms with Crippen LogP contribution < -0.4 is 5.32 Å². The van der Waals surface area contributed by atoms with E-state index >= 15 is 0 Å². The Morgan fingerprint density at radius 2 is 2.33 bits per heavy atom. The van der Waals surface area contributed by atoms with Crippen molar-refractivity contribution < 1.29 is 9.15 Å². The van der Waals surface area contributed by atoms with E-state index in [1.807, 2.05) is 0 Å². The van der Waals surface area contributed by atoms with E-state index in [4.69, 9.17) is 9.15 Å². The first-order chi connectivity index (χ1) is 7.25. The Kier molecular flexibility index (Phi) is 3.33. The first-order valence-corrected chi connectivity index (χ1v) is 5.37. The van der Waals surface area contributed by atoms with Crippen molar-refractivity contribution in [2.24, 2.45) is 5.92 Å². The molecule has 1 fully saturated rings. The zero-order valence-corrected chi connectivity index (χ0v) is 9.19. The van der Waals surface area contributed by atoms with Crippen LogP contribution >= 0.6 is 0 Å². The Morgan fingerprint density at radius 3 is 2.93 bits per heavy atom. The second-order valence-electron chi connectivity index (χ2n) is 3.97. The van der Waals surface area contributed by atoms with Crippen molar-refractivity contribution in [2.45, 2.75) is 32.9 Å². The molecule has 1 aliphatic heterocycles. The summed E-state index contributed by atoms with van der Waals surface area (Å²) in [6, 6.07) is 0. The summed E-state index contributed by atoms with van der Waals surface area (Å²) in [7, 11) is 0. The molecule has 1 aromatic heterocycles. The van der Waals surface area contributed by atoms with Gasteiger partial charge in [0.1, 0.15) is 0 Å². The summed E-state index contributed by atoms with van der Waals surface area (Å²) in [5, 5.41) is 11.0. The molecule has 15 heavy (non-hydrogen) atoms. The van der Waals surface area contributed by atoms with Crippen molar-refractivity contribution in [3.63, 3.8) is 0 Å². The standard InChI is InChI=1S/C10H17N3O2/c1-7-9(3-4-14-7)5-11-6-10-13-12-8(2)15-10/h7,9,11H,3-6H2,1-2H3. The second kappa shape index (κ2) is 4.72. The van der Waals surface area contributed by atoms with Gasteiger partial charge < -0.3 is 14.5 Å². The Bertz CT molecular complexity index is 313. The molecule has 2 atom stereocenters. The second-order valence-corrected chi connectivity index (χ2v) is 3.97. The molecule has 2 rings (SSSR count). The van der Waals surface area contributed by atoms with Crippen LogP contribution in [0.5, 0.6) is 0 Å². The van der Waals surface area contributed by atoms with E-state index in [1.54, 1.807) is 6.92 Å². The minimum absolute atomic E-state index is 0.363. The van der Waals surface area contributed by atoms with Gasteiger partial charge in [-0.25, -0.2) is 0 Å². The number of nitrogens with one attached hydrogen (secondary N) is 1. The highest BCUT2D eigenvalue weighted by Crippen LogP contribution is 2.19. The molecular formula is C10H17N3O2. The number of hydrogen-bond acceptors (Lipinski definition) is 5. The molecule has 0 aromatic carbocycles. The number of nitrogens with zero attached hydrogens (tertiary/aromatic N) is 2. The Balaban J connectivity index is 1.70. The van der Waals surface area contributed by atoms with E-state index in [1.165, 1.54) is 0 Å². The van der Waals surface area contributed by atoms with E-state index in [0.717, 1.165) is 19.6 Å². The summed E-state index contributed by atoms with van der Waals surface area (Å²) in [6.07, 6.45) is 1.50. The normalized spacial score (nSPS) is 26.0. The fraction of sp³-hybridized carbons (Fsp3) is 0.800. The highest BCUT2D eigenvalue weighted by atomic mass is 16.5. The molecule has 0 saturated carbocycles. The zero-order chi connectivity index (χ0) is 10.7. The van der Waals surface area contributed by atoms with Crippen molar-refractivity contribution in [1.82, 2.24) is 15.5 Å². The SMILES string of the molecule is Cc1nnc(CNCC2CCOC2C)o1. The van der Waals surface area contributed by atoms with Crippen LogP contribution in [0.3, 0.4) is 0 Å². The lowest BCUT2D eigenvalue weighted by molar-refractivity contribution is 0.105. The molecule has 1 saturated heterocycles.